The molecule has 4 rings (SSSR count). The quantitative estimate of drug-likeness (QED) is 0.605. The number of rotatable bonds is 5. The van der Waals surface area contributed by atoms with E-state index in [-0.39, 0.29) is 17.8 Å². The molecule has 3 aromatic rings. The summed E-state index contributed by atoms with van der Waals surface area (Å²) in [5.74, 6) is 2.05. The number of aryl methyl sites for hydroxylation is 1. The summed E-state index contributed by atoms with van der Waals surface area (Å²) in [5.41, 5.74) is 1.43. The number of carbonyl (C=O) groups excluding carboxylic acids is 1. The number of nitrogens with zero attached hydrogens (tertiary/aromatic N) is 2. The zero-order chi connectivity index (χ0) is 19.5. The maximum atomic E-state index is 13.7. The van der Waals surface area contributed by atoms with E-state index in [1.807, 2.05) is 18.2 Å². The summed E-state index contributed by atoms with van der Waals surface area (Å²) < 4.78 is 18.7. The number of hydrogen-bond donors (Lipinski definition) is 1. The second kappa shape index (κ2) is 8.36. The Morgan fingerprint density at radius 3 is 3.04 bits per heavy atom. The lowest BCUT2D eigenvalue weighted by Gasteiger charge is -2.26. The van der Waals surface area contributed by atoms with Crippen LogP contribution in [0.15, 0.2) is 56.8 Å². The molecule has 0 bridgehead atoms. The lowest BCUT2D eigenvalue weighted by Crippen LogP contribution is -2.31. The minimum atomic E-state index is -0.285. The highest BCUT2D eigenvalue weighted by molar-refractivity contribution is 7.99. The fourth-order valence-electron chi connectivity index (χ4n) is 3.07. The largest absolute Gasteiger partial charge is 0.345 e. The molecule has 0 radical (unpaired) electrons. The summed E-state index contributed by atoms with van der Waals surface area (Å²) in [4.78, 5) is 19.0. The normalized spacial score (nSPS) is 15.9. The molecule has 1 N–H and O–H groups in total. The summed E-state index contributed by atoms with van der Waals surface area (Å²) in [6.07, 6.45) is 0.768. The van der Waals surface area contributed by atoms with Gasteiger partial charge in [0, 0.05) is 22.5 Å². The first-order valence-corrected chi connectivity index (χ1v) is 10.8. The number of carbonyl (C=O) groups is 1. The Hall–Kier alpha value is -2.32. The molecule has 0 aliphatic carbocycles. The van der Waals surface area contributed by atoms with Crippen molar-refractivity contribution < 1.29 is 13.7 Å². The van der Waals surface area contributed by atoms with Crippen molar-refractivity contribution in [2.75, 3.05) is 5.75 Å². The van der Waals surface area contributed by atoms with Gasteiger partial charge in [-0.1, -0.05) is 17.3 Å². The molecule has 1 atom stereocenters. The minimum Gasteiger partial charge on any atom is -0.345 e. The van der Waals surface area contributed by atoms with Crippen LogP contribution in [0.25, 0.3) is 0 Å². The summed E-state index contributed by atoms with van der Waals surface area (Å²) in [5, 5.41) is 6.97. The number of fused-ring (bicyclic) bond motifs is 1. The standard InChI is InChI=1S/C20H18FN3O2S2/c1-12-22-19(24-26-12)11-28-17-5-3-2-4-14(17)20(25)23-16-8-9-27-18-7-6-13(21)10-15(16)18/h2-7,10,16H,8-9,11H2,1H3,(H,23,25)/t16-/m0/s1. The van der Waals surface area contributed by atoms with Gasteiger partial charge in [0.05, 0.1) is 17.4 Å². The lowest BCUT2D eigenvalue weighted by atomic mass is 10.0. The Morgan fingerprint density at radius 1 is 1.36 bits per heavy atom. The molecule has 2 heterocycles. The fourth-order valence-corrected chi connectivity index (χ4v) is 5.07. The molecule has 1 aliphatic heterocycles. The first-order valence-electron chi connectivity index (χ1n) is 8.84. The van der Waals surface area contributed by atoms with E-state index in [0.29, 0.717) is 23.0 Å². The van der Waals surface area contributed by atoms with E-state index in [0.717, 1.165) is 27.5 Å². The number of nitrogens with one attached hydrogen (secondary N) is 1. The van der Waals surface area contributed by atoms with Crippen molar-refractivity contribution in [1.82, 2.24) is 15.5 Å². The number of thioether (sulfide) groups is 2. The van der Waals surface area contributed by atoms with Crippen LogP contribution in [0.4, 0.5) is 4.39 Å². The van der Waals surface area contributed by atoms with Gasteiger partial charge in [0.1, 0.15) is 5.82 Å². The average Bonchev–Trinajstić information content (AvgIpc) is 3.12. The first kappa shape index (κ1) is 19.0. The van der Waals surface area contributed by atoms with Gasteiger partial charge in [-0.05, 0) is 42.3 Å². The summed E-state index contributed by atoms with van der Waals surface area (Å²) in [7, 11) is 0. The fraction of sp³-hybridized carbons (Fsp3) is 0.250. The van der Waals surface area contributed by atoms with Gasteiger partial charge in [0.15, 0.2) is 5.82 Å². The summed E-state index contributed by atoms with van der Waals surface area (Å²) in [6.45, 7) is 1.74. The summed E-state index contributed by atoms with van der Waals surface area (Å²) in [6, 6.07) is 12.0. The molecule has 0 fully saturated rings. The predicted molar refractivity (Wildman–Crippen MR) is 107 cm³/mol. The molecule has 1 amide bonds. The van der Waals surface area contributed by atoms with Crippen LogP contribution in [0.3, 0.4) is 0 Å². The predicted octanol–water partition coefficient (Wildman–Crippen LogP) is 4.78. The zero-order valence-corrected chi connectivity index (χ0v) is 16.8. The van der Waals surface area contributed by atoms with Crippen molar-refractivity contribution >= 4 is 29.4 Å². The molecular weight excluding hydrogens is 397 g/mol. The third kappa shape index (κ3) is 4.23. The van der Waals surface area contributed by atoms with Crippen LogP contribution in [0, 0.1) is 12.7 Å². The number of halogens is 1. The maximum absolute atomic E-state index is 13.7. The third-order valence-electron chi connectivity index (χ3n) is 4.37. The van der Waals surface area contributed by atoms with Crippen molar-refractivity contribution in [2.45, 2.75) is 34.9 Å². The Morgan fingerprint density at radius 2 is 2.21 bits per heavy atom. The molecule has 0 saturated heterocycles. The van der Waals surface area contributed by atoms with Gasteiger partial charge in [0.25, 0.3) is 5.91 Å². The van der Waals surface area contributed by atoms with E-state index in [9.17, 15) is 9.18 Å². The highest BCUT2D eigenvalue weighted by Gasteiger charge is 2.24. The van der Waals surface area contributed by atoms with Crippen LogP contribution in [-0.4, -0.2) is 21.8 Å². The van der Waals surface area contributed by atoms with Gasteiger partial charge in [0.2, 0.25) is 5.89 Å². The molecular formula is C20H18FN3O2S2. The van der Waals surface area contributed by atoms with Crippen molar-refractivity contribution in [1.29, 1.82) is 0 Å². The van der Waals surface area contributed by atoms with E-state index in [4.69, 9.17) is 4.52 Å². The van der Waals surface area contributed by atoms with E-state index >= 15 is 0 Å². The topological polar surface area (TPSA) is 68.0 Å². The van der Waals surface area contributed by atoms with Crippen molar-refractivity contribution in [3.05, 3.63) is 71.1 Å². The molecule has 0 saturated carbocycles. The summed E-state index contributed by atoms with van der Waals surface area (Å²) >= 11 is 3.17. The van der Waals surface area contributed by atoms with Gasteiger partial charge >= 0.3 is 0 Å². The van der Waals surface area contributed by atoms with Crippen LogP contribution in [0.2, 0.25) is 0 Å². The number of amides is 1. The highest BCUT2D eigenvalue weighted by Crippen LogP contribution is 2.37. The van der Waals surface area contributed by atoms with Crippen LogP contribution in [0.1, 0.15) is 40.1 Å². The van der Waals surface area contributed by atoms with E-state index in [1.165, 1.54) is 23.9 Å². The minimum absolute atomic E-state index is 0.167. The van der Waals surface area contributed by atoms with Gasteiger partial charge in [-0.15, -0.1) is 23.5 Å². The van der Waals surface area contributed by atoms with Gasteiger partial charge in [-0.2, -0.15) is 4.98 Å². The molecule has 28 heavy (non-hydrogen) atoms. The van der Waals surface area contributed by atoms with Gasteiger partial charge < -0.3 is 9.84 Å². The van der Waals surface area contributed by atoms with Crippen molar-refractivity contribution in [3.63, 3.8) is 0 Å². The number of hydrogen-bond acceptors (Lipinski definition) is 6. The Kier molecular flexibility index (Phi) is 5.68. The molecule has 2 aromatic carbocycles. The Balaban J connectivity index is 1.51. The monoisotopic (exact) mass is 415 g/mol. The molecule has 1 aliphatic rings. The van der Waals surface area contributed by atoms with Crippen LogP contribution in [-0.2, 0) is 5.75 Å². The first-order chi connectivity index (χ1) is 13.6. The van der Waals surface area contributed by atoms with Crippen LogP contribution >= 0.6 is 23.5 Å². The average molecular weight is 416 g/mol. The van der Waals surface area contributed by atoms with E-state index in [2.05, 4.69) is 15.5 Å². The molecule has 0 spiro atoms. The Bertz CT molecular complexity index is 1010. The van der Waals surface area contributed by atoms with Crippen LogP contribution in [0.5, 0.6) is 0 Å². The van der Waals surface area contributed by atoms with Crippen molar-refractivity contribution in [3.8, 4) is 0 Å². The number of aromatic nitrogens is 2. The van der Waals surface area contributed by atoms with E-state index < -0.39 is 0 Å². The zero-order valence-electron chi connectivity index (χ0n) is 15.1. The maximum Gasteiger partial charge on any atom is 0.252 e. The third-order valence-corrected chi connectivity index (χ3v) is 6.57. The SMILES string of the molecule is Cc1nc(CSc2ccccc2C(=O)N[C@H]2CCSc3ccc(F)cc32)no1. The second-order valence-corrected chi connectivity index (χ2v) is 8.51. The molecule has 5 nitrogen and oxygen atoms in total. The molecule has 8 heteroatoms. The Labute approximate surface area is 170 Å². The molecule has 144 valence electrons. The molecule has 0 unspecified atom stereocenters. The van der Waals surface area contributed by atoms with Crippen LogP contribution < -0.4 is 5.32 Å². The van der Waals surface area contributed by atoms with Crippen molar-refractivity contribution in [2.24, 2.45) is 0 Å². The van der Waals surface area contributed by atoms with E-state index in [1.54, 1.807) is 30.8 Å². The molecule has 1 aromatic heterocycles. The lowest BCUT2D eigenvalue weighted by molar-refractivity contribution is 0.0932. The highest BCUT2D eigenvalue weighted by atomic mass is 32.2. The number of benzene rings is 2. The van der Waals surface area contributed by atoms with Gasteiger partial charge in [-0.3, -0.25) is 4.79 Å². The smallest absolute Gasteiger partial charge is 0.252 e. The van der Waals surface area contributed by atoms with Gasteiger partial charge in [-0.25, -0.2) is 4.39 Å². The second-order valence-electron chi connectivity index (χ2n) is 6.36.